The van der Waals surface area contributed by atoms with Gasteiger partial charge in [0.25, 0.3) is 0 Å². The summed E-state index contributed by atoms with van der Waals surface area (Å²) in [5, 5.41) is 11.6. The van der Waals surface area contributed by atoms with Crippen molar-refractivity contribution in [3.8, 4) is 0 Å². The summed E-state index contributed by atoms with van der Waals surface area (Å²) in [5.74, 6) is -1.63. The Bertz CT molecular complexity index is 730. The summed E-state index contributed by atoms with van der Waals surface area (Å²) in [5.41, 5.74) is 4.76. The molecule has 180 valence electrons. The molecule has 1 heterocycles. The Morgan fingerprint density at radius 1 is 1.22 bits per heavy atom. The molecule has 2 fully saturated rings. The van der Waals surface area contributed by atoms with E-state index in [1.54, 1.807) is 20.8 Å². The zero-order valence-electron chi connectivity index (χ0n) is 19.3. The summed E-state index contributed by atoms with van der Waals surface area (Å²) >= 11 is 0. The number of hydrogen-bond acceptors (Lipinski definition) is 5. The van der Waals surface area contributed by atoms with Gasteiger partial charge in [-0.15, -0.1) is 0 Å². The molecule has 1 aliphatic carbocycles. The van der Waals surface area contributed by atoms with E-state index in [1.165, 1.54) is 4.90 Å². The van der Waals surface area contributed by atoms with Crippen molar-refractivity contribution in [2.24, 2.45) is 17.6 Å². The summed E-state index contributed by atoms with van der Waals surface area (Å²) < 4.78 is 5.31. The Hall–Kier alpha value is -2.58. The highest BCUT2D eigenvalue weighted by molar-refractivity contribution is 5.91. The molecular formula is C23H37N3O6. The SMILES string of the molecule is CC(C)(C)OC(=O)N[C@@H](CCCCC/C=C\C1CC1C(=O)O)C(=O)N1CCCC1C(N)=O. The summed E-state index contributed by atoms with van der Waals surface area (Å²) in [4.78, 5) is 49.4. The smallest absolute Gasteiger partial charge is 0.408 e. The number of unbranched alkanes of at least 4 members (excludes halogenated alkanes) is 3. The third-order valence-electron chi connectivity index (χ3n) is 5.76. The van der Waals surface area contributed by atoms with Gasteiger partial charge >= 0.3 is 12.1 Å². The van der Waals surface area contributed by atoms with Crippen LogP contribution in [0.3, 0.4) is 0 Å². The lowest BCUT2D eigenvalue weighted by molar-refractivity contribution is -0.139. The average molecular weight is 452 g/mol. The van der Waals surface area contributed by atoms with E-state index in [0.717, 1.165) is 32.1 Å². The maximum absolute atomic E-state index is 13.1. The zero-order chi connectivity index (χ0) is 23.9. The molecule has 0 aromatic heterocycles. The number of allylic oxidation sites excluding steroid dienone is 2. The van der Waals surface area contributed by atoms with Crippen molar-refractivity contribution in [1.29, 1.82) is 0 Å². The van der Waals surface area contributed by atoms with Crippen molar-refractivity contribution >= 4 is 23.9 Å². The van der Waals surface area contributed by atoms with Crippen LogP contribution in [0.2, 0.25) is 0 Å². The van der Waals surface area contributed by atoms with E-state index in [1.807, 2.05) is 12.2 Å². The Morgan fingerprint density at radius 3 is 2.53 bits per heavy atom. The highest BCUT2D eigenvalue weighted by atomic mass is 16.6. The largest absolute Gasteiger partial charge is 0.481 e. The fourth-order valence-electron chi connectivity index (χ4n) is 4.00. The van der Waals surface area contributed by atoms with E-state index in [0.29, 0.717) is 25.8 Å². The number of nitrogens with zero attached hydrogens (tertiary/aromatic N) is 1. The number of primary amides is 1. The van der Waals surface area contributed by atoms with Gasteiger partial charge in [-0.05, 0) is 65.2 Å². The molecule has 9 nitrogen and oxygen atoms in total. The number of carbonyl (C=O) groups excluding carboxylic acids is 3. The van der Waals surface area contributed by atoms with Gasteiger partial charge in [0.2, 0.25) is 11.8 Å². The van der Waals surface area contributed by atoms with Crippen LogP contribution >= 0.6 is 0 Å². The molecule has 3 unspecified atom stereocenters. The summed E-state index contributed by atoms with van der Waals surface area (Å²) in [6.45, 7) is 5.70. The minimum atomic E-state index is -0.775. The lowest BCUT2D eigenvalue weighted by Gasteiger charge is -2.28. The molecule has 32 heavy (non-hydrogen) atoms. The van der Waals surface area contributed by atoms with Crippen LogP contribution in [-0.4, -0.2) is 58.1 Å². The van der Waals surface area contributed by atoms with E-state index in [-0.39, 0.29) is 17.7 Å². The molecule has 1 aliphatic heterocycles. The molecule has 9 heteroatoms. The highest BCUT2D eigenvalue weighted by Gasteiger charge is 2.41. The number of ether oxygens (including phenoxy) is 1. The minimum absolute atomic E-state index is 0.159. The third-order valence-corrected chi connectivity index (χ3v) is 5.76. The van der Waals surface area contributed by atoms with Crippen LogP contribution in [0.15, 0.2) is 12.2 Å². The number of alkyl carbamates (subject to hydrolysis) is 1. The summed E-state index contributed by atoms with van der Waals surface area (Å²) in [7, 11) is 0. The first-order valence-electron chi connectivity index (χ1n) is 11.5. The second-order valence-corrected chi connectivity index (χ2v) is 9.70. The Labute approximate surface area is 189 Å². The number of hydrogen-bond donors (Lipinski definition) is 3. The minimum Gasteiger partial charge on any atom is -0.481 e. The number of nitrogens with two attached hydrogens (primary N) is 1. The number of rotatable bonds is 11. The maximum Gasteiger partial charge on any atom is 0.408 e. The average Bonchev–Trinajstić information content (AvgIpc) is 3.28. The van der Waals surface area contributed by atoms with Gasteiger partial charge in [-0.1, -0.05) is 25.0 Å². The summed E-state index contributed by atoms with van der Waals surface area (Å²) in [6, 6.07) is -1.41. The monoisotopic (exact) mass is 451 g/mol. The van der Waals surface area contributed by atoms with Crippen molar-refractivity contribution in [2.75, 3.05) is 6.54 Å². The number of amides is 3. The van der Waals surface area contributed by atoms with Gasteiger partial charge in [0.1, 0.15) is 17.7 Å². The van der Waals surface area contributed by atoms with Crippen LogP contribution < -0.4 is 11.1 Å². The maximum atomic E-state index is 13.1. The quantitative estimate of drug-likeness (QED) is 0.326. The number of carboxylic acids is 1. The van der Waals surface area contributed by atoms with Gasteiger partial charge in [0.05, 0.1) is 5.92 Å². The topological polar surface area (TPSA) is 139 Å². The van der Waals surface area contributed by atoms with Gasteiger partial charge in [-0.2, -0.15) is 0 Å². The molecule has 0 radical (unpaired) electrons. The van der Waals surface area contributed by atoms with Crippen LogP contribution in [0.4, 0.5) is 4.79 Å². The predicted molar refractivity (Wildman–Crippen MR) is 119 cm³/mol. The molecule has 1 saturated heterocycles. The van der Waals surface area contributed by atoms with E-state index in [4.69, 9.17) is 15.6 Å². The van der Waals surface area contributed by atoms with Crippen LogP contribution in [0, 0.1) is 11.8 Å². The Morgan fingerprint density at radius 2 is 1.94 bits per heavy atom. The molecule has 4 N–H and O–H groups in total. The van der Waals surface area contributed by atoms with Gasteiger partial charge < -0.3 is 25.8 Å². The first-order chi connectivity index (χ1) is 15.0. The highest BCUT2D eigenvalue weighted by Crippen LogP contribution is 2.39. The molecule has 3 amide bonds. The molecule has 0 aromatic carbocycles. The second-order valence-electron chi connectivity index (χ2n) is 9.70. The van der Waals surface area contributed by atoms with Crippen molar-refractivity contribution in [1.82, 2.24) is 10.2 Å². The fourth-order valence-corrected chi connectivity index (χ4v) is 4.00. The number of carbonyl (C=O) groups is 4. The number of nitrogens with one attached hydrogen (secondary N) is 1. The predicted octanol–water partition coefficient (Wildman–Crippen LogP) is 2.58. The van der Waals surface area contributed by atoms with E-state index in [2.05, 4.69) is 5.32 Å². The molecule has 0 spiro atoms. The molecule has 0 bridgehead atoms. The lowest BCUT2D eigenvalue weighted by Crippen LogP contribution is -2.53. The van der Waals surface area contributed by atoms with Crippen molar-refractivity contribution in [3.05, 3.63) is 12.2 Å². The van der Waals surface area contributed by atoms with Crippen LogP contribution in [0.1, 0.15) is 72.1 Å². The van der Waals surface area contributed by atoms with E-state index >= 15 is 0 Å². The Kier molecular flexibility index (Phi) is 9.09. The van der Waals surface area contributed by atoms with Gasteiger partial charge in [0, 0.05) is 6.54 Å². The first kappa shape index (κ1) is 25.7. The lowest BCUT2D eigenvalue weighted by atomic mass is 10.0. The van der Waals surface area contributed by atoms with Gasteiger partial charge in [0.15, 0.2) is 0 Å². The van der Waals surface area contributed by atoms with E-state index < -0.39 is 35.7 Å². The van der Waals surface area contributed by atoms with Crippen LogP contribution in [-0.2, 0) is 19.1 Å². The number of likely N-dealkylation sites (tertiary alicyclic amines) is 1. The van der Waals surface area contributed by atoms with Crippen molar-refractivity contribution < 1.29 is 29.0 Å². The molecule has 4 atom stereocenters. The van der Waals surface area contributed by atoms with Crippen molar-refractivity contribution in [3.63, 3.8) is 0 Å². The van der Waals surface area contributed by atoms with Crippen LogP contribution in [0.25, 0.3) is 0 Å². The molecule has 1 saturated carbocycles. The zero-order valence-corrected chi connectivity index (χ0v) is 19.3. The molecule has 0 aromatic rings. The van der Waals surface area contributed by atoms with E-state index in [9.17, 15) is 19.2 Å². The fraction of sp³-hybridized carbons (Fsp3) is 0.739. The third kappa shape index (κ3) is 8.16. The number of carboxylic acid groups (broad SMARTS) is 1. The van der Waals surface area contributed by atoms with Gasteiger partial charge in [-0.3, -0.25) is 14.4 Å². The second kappa shape index (κ2) is 11.3. The molecule has 2 aliphatic rings. The van der Waals surface area contributed by atoms with Crippen molar-refractivity contribution in [2.45, 2.75) is 89.8 Å². The first-order valence-corrected chi connectivity index (χ1v) is 11.5. The molecular weight excluding hydrogens is 414 g/mol. The Balaban J connectivity index is 1.83. The molecule has 2 rings (SSSR count). The van der Waals surface area contributed by atoms with Crippen LogP contribution in [0.5, 0.6) is 0 Å². The van der Waals surface area contributed by atoms with Gasteiger partial charge in [-0.25, -0.2) is 4.79 Å². The normalized spacial score (nSPS) is 23.7. The number of aliphatic carboxylic acids is 1. The standard InChI is InChI=1S/C23H37N3O6/c1-23(2,3)32-22(31)25-17(20(28)26-13-9-12-18(26)19(24)27)11-8-6-4-5-7-10-15-14-16(15)21(29)30/h7,10,15-18H,4-6,8-9,11-14H2,1-3H3,(H2,24,27)(H,25,31)(H,29,30)/b10-7-/t15?,16?,17-,18?/m0/s1. The summed E-state index contributed by atoms with van der Waals surface area (Å²) in [6.07, 6.45) is 9.06.